The molecule has 0 unspecified atom stereocenters. The van der Waals surface area contributed by atoms with Crippen LogP contribution in [0.4, 0.5) is 11.4 Å². The average molecular weight is 305 g/mol. The fraction of sp³-hybridized carbons (Fsp3) is 0.214. The van der Waals surface area contributed by atoms with Gasteiger partial charge in [-0.2, -0.15) is 11.3 Å². The average Bonchev–Trinajstić information content (AvgIpc) is 2.98. The second kappa shape index (κ2) is 6.36. The fourth-order valence-electron chi connectivity index (χ4n) is 1.97. The Morgan fingerprint density at radius 2 is 2.19 bits per heavy atom. The highest BCUT2D eigenvalue weighted by molar-refractivity contribution is 7.07. The first-order valence-electron chi connectivity index (χ1n) is 6.25. The minimum Gasteiger partial charge on any atom is -0.387 e. The third-order valence-electron chi connectivity index (χ3n) is 3.06. The normalized spacial score (nSPS) is 10.2. The van der Waals surface area contributed by atoms with Crippen molar-refractivity contribution < 1.29 is 9.72 Å². The molecule has 6 nitrogen and oxygen atoms in total. The van der Waals surface area contributed by atoms with Crippen molar-refractivity contribution in [1.29, 1.82) is 0 Å². The van der Waals surface area contributed by atoms with Crippen molar-refractivity contribution in [2.45, 2.75) is 6.54 Å². The minimum atomic E-state index is -0.505. The molecule has 110 valence electrons. The SMILES string of the molecule is CNc1ccc([N+](=O)[O-])cc1C(=O)N(C)Cc1ccsc1. The standard InChI is InChI=1S/C14H15N3O3S/c1-15-13-4-3-11(17(19)20)7-12(13)14(18)16(2)8-10-5-6-21-9-10/h3-7,9,15H,8H2,1-2H3. The van der Waals surface area contributed by atoms with Gasteiger partial charge in [-0.15, -0.1) is 0 Å². The van der Waals surface area contributed by atoms with Crippen LogP contribution in [-0.2, 0) is 6.54 Å². The van der Waals surface area contributed by atoms with Gasteiger partial charge in [-0.05, 0) is 28.5 Å². The number of non-ortho nitro benzene ring substituents is 1. The molecule has 0 saturated heterocycles. The molecular weight excluding hydrogens is 290 g/mol. The summed E-state index contributed by atoms with van der Waals surface area (Å²) in [4.78, 5) is 24.4. The Morgan fingerprint density at radius 1 is 1.43 bits per heavy atom. The number of carbonyl (C=O) groups is 1. The van der Waals surface area contributed by atoms with Gasteiger partial charge in [0.25, 0.3) is 11.6 Å². The summed E-state index contributed by atoms with van der Waals surface area (Å²) in [6.45, 7) is 0.466. The van der Waals surface area contributed by atoms with E-state index in [2.05, 4.69) is 5.32 Å². The lowest BCUT2D eigenvalue weighted by atomic mass is 10.1. The van der Waals surface area contributed by atoms with Crippen LogP contribution < -0.4 is 5.32 Å². The first-order chi connectivity index (χ1) is 10.0. The lowest BCUT2D eigenvalue weighted by molar-refractivity contribution is -0.384. The van der Waals surface area contributed by atoms with Gasteiger partial charge in [0.2, 0.25) is 0 Å². The van der Waals surface area contributed by atoms with Crippen LogP contribution >= 0.6 is 11.3 Å². The molecule has 0 aliphatic rings. The molecule has 1 amide bonds. The highest BCUT2D eigenvalue weighted by Gasteiger charge is 2.19. The molecule has 1 aromatic heterocycles. The number of nitro groups is 1. The largest absolute Gasteiger partial charge is 0.387 e. The first-order valence-corrected chi connectivity index (χ1v) is 7.20. The lowest BCUT2D eigenvalue weighted by Gasteiger charge is -2.18. The van der Waals surface area contributed by atoms with Crippen LogP contribution in [0, 0.1) is 10.1 Å². The number of anilines is 1. The second-order valence-electron chi connectivity index (χ2n) is 4.53. The fourth-order valence-corrected chi connectivity index (χ4v) is 2.63. The number of thiophene rings is 1. The van der Waals surface area contributed by atoms with E-state index in [0.29, 0.717) is 17.8 Å². The highest BCUT2D eigenvalue weighted by Crippen LogP contribution is 2.23. The summed E-state index contributed by atoms with van der Waals surface area (Å²) in [6.07, 6.45) is 0. The van der Waals surface area contributed by atoms with Crippen molar-refractivity contribution in [3.8, 4) is 0 Å². The van der Waals surface area contributed by atoms with Crippen LogP contribution in [-0.4, -0.2) is 29.8 Å². The number of rotatable bonds is 5. The molecule has 2 rings (SSSR count). The Labute approximate surface area is 126 Å². The van der Waals surface area contributed by atoms with Gasteiger partial charge in [-0.25, -0.2) is 0 Å². The number of nitrogens with zero attached hydrogens (tertiary/aromatic N) is 2. The van der Waals surface area contributed by atoms with E-state index in [0.717, 1.165) is 5.56 Å². The number of carbonyl (C=O) groups excluding carboxylic acids is 1. The van der Waals surface area contributed by atoms with Crippen LogP contribution in [0.25, 0.3) is 0 Å². The maximum Gasteiger partial charge on any atom is 0.270 e. The number of amides is 1. The third-order valence-corrected chi connectivity index (χ3v) is 3.79. The van der Waals surface area contributed by atoms with E-state index < -0.39 is 4.92 Å². The van der Waals surface area contributed by atoms with Crippen LogP contribution in [0.15, 0.2) is 35.0 Å². The topological polar surface area (TPSA) is 75.5 Å². The first kappa shape index (κ1) is 15.0. The van der Waals surface area contributed by atoms with Gasteiger partial charge in [0.15, 0.2) is 0 Å². The highest BCUT2D eigenvalue weighted by atomic mass is 32.1. The number of nitro benzene ring substituents is 1. The molecule has 7 heteroatoms. The van der Waals surface area contributed by atoms with E-state index in [4.69, 9.17) is 0 Å². The van der Waals surface area contributed by atoms with E-state index in [9.17, 15) is 14.9 Å². The van der Waals surface area contributed by atoms with Gasteiger partial charge >= 0.3 is 0 Å². The van der Waals surface area contributed by atoms with Crippen molar-refractivity contribution in [3.63, 3.8) is 0 Å². The van der Waals surface area contributed by atoms with E-state index in [1.807, 2.05) is 16.8 Å². The molecule has 0 aliphatic heterocycles. The number of hydrogen-bond donors (Lipinski definition) is 1. The number of nitrogens with one attached hydrogen (secondary N) is 1. The van der Waals surface area contributed by atoms with Gasteiger partial charge in [0.1, 0.15) is 0 Å². The molecule has 0 spiro atoms. The van der Waals surface area contributed by atoms with Crippen molar-refractivity contribution >= 4 is 28.6 Å². The molecule has 0 bridgehead atoms. The van der Waals surface area contributed by atoms with Crippen LogP contribution in [0.2, 0.25) is 0 Å². The number of benzene rings is 1. The van der Waals surface area contributed by atoms with Crippen molar-refractivity contribution in [1.82, 2.24) is 4.90 Å². The minimum absolute atomic E-state index is 0.0960. The van der Waals surface area contributed by atoms with Crippen molar-refractivity contribution in [2.24, 2.45) is 0 Å². The Kier molecular flexibility index (Phi) is 4.54. The predicted molar refractivity (Wildman–Crippen MR) is 82.8 cm³/mol. The molecule has 0 atom stereocenters. The van der Waals surface area contributed by atoms with Crippen LogP contribution in [0.1, 0.15) is 15.9 Å². The lowest BCUT2D eigenvalue weighted by Crippen LogP contribution is -2.26. The molecule has 2 aromatic rings. The summed E-state index contributed by atoms with van der Waals surface area (Å²) in [5.74, 6) is -0.255. The maximum atomic E-state index is 12.5. The maximum absolute atomic E-state index is 12.5. The second-order valence-corrected chi connectivity index (χ2v) is 5.31. The molecule has 0 radical (unpaired) electrons. The van der Waals surface area contributed by atoms with E-state index >= 15 is 0 Å². The van der Waals surface area contributed by atoms with Gasteiger partial charge in [-0.1, -0.05) is 0 Å². The Balaban J connectivity index is 2.28. The van der Waals surface area contributed by atoms with Crippen molar-refractivity contribution in [3.05, 3.63) is 56.3 Å². The van der Waals surface area contributed by atoms with E-state index in [1.54, 1.807) is 36.4 Å². The summed E-state index contributed by atoms with van der Waals surface area (Å²) in [5.41, 5.74) is 1.81. The zero-order valence-corrected chi connectivity index (χ0v) is 12.5. The molecule has 21 heavy (non-hydrogen) atoms. The van der Waals surface area contributed by atoms with Crippen molar-refractivity contribution in [2.75, 3.05) is 19.4 Å². The monoisotopic (exact) mass is 305 g/mol. The van der Waals surface area contributed by atoms with Gasteiger partial charge < -0.3 is 10.2 Å². The summed E-state index contributed by atoms with van der Waals surface area (Å²) in [5, 5.41) is 17.7. The Hall–Kier alpha value is -2.41. The summed E-state index contributed by atoms with van der Waals surface area (Å²) in [7, 11) is 3.36. The summed E-state index contributed by atoms with van der Waals surface area (Å²) >= 11 is 1.56. The smallest absolute Gasteiger partial charge is 0.270 e. The van der Waals surface area contributed by atoms with Gasteiger partial charge in [0, 0.05) is 38.5 Å². The predicted octanol–water partition coefficient (Wildman–Crippen LogP) is 2.97. The molecule has 1 aromatic carbocycles. The Bertz CT molecular complexity index is 655. The van der Waals surface area contributed by atoms with Crippen LogP contribution in [0.5, 0.6) is 0 Å². The van der Waals surface area contributed by atoms with Crippen LogP contribution in [0.3, 0.4) is 0 Å². The molecular formula is C14H15N3O3S. The molecule has 1 N–H and O–H groups in total. The molecule has 0 aliphatic carbocycles. The summed E-state index contributed by atoms with van der Waals surface area (Å²) < 4.78 is 0. The molecule has 0 saturated carbocycles. The molecule has 0 fully saturated rings. The van der Waals surface area contributed by atoms with Gasteiger partial charge in [-0.3, -0.25) is 14.9 Å². The quantitative estimate of drug-likeness (QED) is 0.680. The van der Waals surface area contributed by atoms with Gasteiger partial charge in [0.05, 0.1) is 10.5 Å². The third kappa shape index (κ3) is 3.38. The zero-order valence-electron chi connectivity index (χ0n) is 11.7. The Morgan fingerprint density at radius 3 is 2.76 bits per heavy atom. The summed E-state index contributed by atoms with van der Waals surface area (Å²) in [6, 6.07) is 6.17. The van der Waals surface area contributed by atoms with E-state index in [-0.39, 0.29) is 11.6 Å². The zero-order chi connectivity index (χ0) is 15.4. The molecule has 1 heterocycles. The van der Waals surface area contributed by atoms with E-state index in [1.165, 1.54) is 12.1 Å². The number of hydrogen-bond acceptors (Lipinski definition) is 5.